The van der Waals surface area contributed by atoms with Crippen molar-refractivity contribution in [1.29, 1.82) is 0 Å². The summed E-state index contributed by atoms with van der Waals surface area (Å²) in [6.07, 6.45) is 6.12. The first-order valence-corrected chi connectivity index (χ1v) is 9.88. The van der Waals surface area contributed by atoms with Crippen LogP contribution in [0.3, 0.4) is 0 Å². The third-order valence-electron chi connectivity index (χ3n) is 4.73. The van der Waals surface area contributed by atoms with Crippen LogP contribution in [-0.2, 0) is 6.42 Å². The summed E-state index contributed by atoms with van der Waals surface area (Å²) in [6, 6.07) is 11.8. The molecule has 1 aromatic carbocycles. The van der Waals surface area contributed by atoms with Crippen molar-refractivity contribution in [3.05, 3.63) is 70.8 Å². The van der Waals surface area contributed by atoms with E-state index in [-0.39, 0.29) is 5.91 Å². The van der Waals surface area contributed by atoms with Crippen molar-refractivity contribution in [1.82, 2.24) is 25.3 Å². The summed E-state index contributed by atoms with van der Waals surface area (Å²) in [6.45, 7) is 0.622. The standard InChI is InChI=1S/C21H17N5OS/c27-21(24-6-5-14-2-1-9-28-14)13-3-4-17-15(10-13)16(12-25-17)18-11-19-20(26-18)23-8-7-22-19/h1-4,7-12,25H,5-6H2,(H,23,26)(H,24,27). The minimum atomic E-state index is -0.0643. The summed E-state index contributed by atoms with van der Waals surface area (Å²) in [5, 5.41) is 6.04. The molecule has 0 saturated heterocycles. The van der Waals surface area contributed by atoms with E-state index >= 15 is 0 Å². The molecule has 3 N–H and O–H groups in total. The van der Waals surface area contributed by atoms with Gasteiger partial charge in [-0.15, -0.1) is 11.3 Å². The fourth-order valence-corrected chi connectivity index (χ4v) is 4.05. The summed E-state index contributed by atoms with van der Waals surface area (Å²) in [7, 11) is 0. The Bertz CT molecular complexity index is 1240. The number of aromatic amines is 2. The molecule has 0 saturated carbocycles. The van der Waals surface area contributed by atoms with Crippen molar-refractivity contribution in [3.8, 4) is 11.3 Å². The van der Waals surface area contributed by atoms with E-state index in [2.05, 4.69) is 31.3 Å². The average Bonchev–Trinajstić information content (AvgIpc) is 3.45. The van der Waals surface area contributed by atoms with Crippen LogP contribution in [0.15, 0.2) is 60.4 Å². The molecule has 28 heavy (non-hydrogen) atoms. The van der Waals surface area contributed by atoms with Gasteiger partial charge >= 0.3 is 0 Å². The lowest BCUT2D eigenvalue weighted by Gasteiger charge is -2.05. The Morgan fingerprint density at radius 2 is 2.07 bits per heavy atom. The second-order valence-electron chi connectivity index (χ2n) is 6.52. The number of fused-ring (bicyclic) bond motifs is 2. The molecule has 0 atom stereocenters. The van der Waals surface area contributed by atoms with Crippen molar-refractivity contribution >= 4 is 39.3 Å². The van der Waals surface area contributed by atoms with E-state index in [9.17, 15) is 4.79 Å². The van der Waals surface area contributed by atoms with E-state index in [4.69, 9.17) is 0 Å². The quantitative estimate of drug-likeness (QED) is 0.424. The van der Waals surface area contributed by atoms with E-state index in [0.717, 1.165) is 39.7 Å². The molecule has 1 amide bonds. The molecule has 0 bridgehead atoms. The van der Waals surface area contributed by atoms with E-state index in [0.29, 0.717) is 12.1 Å². The molecule has 0 fully saturated rings. The molecule has 4 heterocycles. The van der Waals surface area contributed by atoms with Crippen LogP contribution in [-0.4, -0.2) is 32.4 Å². The number of carbonyl (C=O) groups excluding carboxylic acids is 1. The first kappa shape index (κ1) is 16.7. The van der Waals surface area contributed by atoms with Crippen LogP contribution in [0.1, 0.15) is 15.2 Å². The highest BCUT2D eigenvalue weighted by atomic mass is 32.1. The van der Waals surface area contributed by atoms with Crippen molar-refractivity contribution < 1.29 is 4.79 Å². The number of benzene rings is 1. The van der Waals surface area contributed by atoms with E-state index < -0.39 is 0 Å². The molecule has 0 spiro atoms. The van der Waals surface area contributed by atoms with Crippen LogP contribution in [0.25, 0.3) is 33.3 Å². The first-order valence-electron chi connectivity index (χ1n) is 9.00. The largest absolute Gasteiger partial charge is 0.360 e. The number of thiophene rings is 1. The summed E-state index contributed by atoms with van der Waals surface area (Å²) in [5.74, 6) is -0.0643. The number of carbonyl (C=O) groups is 1. The average molecular weight is 387 g/mol. The second-order valence-corrected chi connectivity index (χ2v) is 7.55. The fourth-order valence-electron chi connectivity index (χ4n) is 3.34. The zero-order valence-corrected chi connectivity index (χ0v) is 15.7. The van der Waals surface area contributed by atoms with Gasteiger partial charge in [-0.3, -0.25) is 9.78 Å². The van der Waals surface area contributed by atoms with Crippen molar-refractivity contribution in [3.63, 3.8) is 0 Å². The van der Waals surface area contributed by atoms with Crippen LogP contribution >= 0.6 is 11.3 Å². The maximum absolute atomic E-state index is 12.6. The van der Waals surface area contributed by atoms with Gasteiger partial charge in [0.05, 0.1) is 5.69 Å². The van der Waals surface area contributed by atoms with E-state index in [1.807, 2.05) is 41.9 Å². The topological polar surface area (TPSA) is 86.5 Å². The Morgan fingerprint density at radius 1 is 1.14 bits per heavy atom. The molecule has 0 aliphatic carbocycles. The summed E-state index contributed by atoms with van der Waals surface area (Å²) in [4.78, 5) is 29.0. The van der Waals surface area contributed by atoms with Crippen LogP contribution in [0.2, 0.25) is 0 Å². The number of hydrogen-bond donors (Lipinski definition) is 3. The third kappa shape index (κ3) is 3.05. The number of hydrogen-bond acceptors (Lipinski definition) is 4. The minimum absolute atomic E-state index is 0.0643. The molecule has 5 aromatic rings. The van der Waals surface area contributed by atoms with Gasteiger partial charge in [-0.25, -0.2) is 4.98 Å². The van der Waals surface area contributed by atoms with Gasteiger partial charge in [-0.05, 0) is 42.1 Å². The van der Waals surface area contributed by atoms with Crippen LogP contribution in [0.4, 0.5) is 0 Å². The molecule has 5 rings (SSSR count). The number of amides is 1. The number of nitrogens with zero attached hydrogens (tertiary/aromatic N) is 2. The number of aromatic nitrogens is 4. The summed E-state index contributed by atoms with van der Waals surface area (Å²) < 4.78 is 0. The highest BCUT2D eigenvalue weighted by Crippen LogP contribution is 2.30. The van der Waals surface area contributed by atoms with Crippen LogP contribution < -0.4 is 5.32 Å². The Kier molecular flexibility index (Phi) is 4.14. The highest BCUT2D eigenvalue weighted by Gasteiger charge is 2.13. The molecule has 7 heteroatoms. The predicted molar refractivity (Wildman–Crippen MR) is 112 cm³/mol. The lowest BCUT2D eigenvalue weighted by Crippen LogP contribution is -2.25. The number of H-pyrrole nitrogens is 2. The third-order valence-corrected chi connectivity index (χ3v) is 5.67. The van der Waals surface area contributed by atoms with Crippen molar-refractivity contribution in [2.45, 2.75) is 6.42 Å². The monoisotopic (exact) mass is 387 g/mol. The zero-order chi connectivity index (χ0) is 18.9. The molecule has 4 aromatic heterocycles. The Morgan fingerprint density at radius 3 is 2.93 bits per heavy atom. The first-order chi connectivity index (χ1) is 13.8. The SMILES string of the molecule is O=C(NCCc1cccs1)c1ccc2[nH]cc(-c3cc4nccnc4[nH]3)c2c1. The molecule has 0 aliphatic rings. The maximum atomic E-state index is 12.6. The van der Waals surface area contributed by atoms with Gasteiger partial charge in [-0.2, -0.15) is 0 Å². The summed E-state index contributed by atoms with van der Waals surface area (Å²) >= 11 is 1.71. The lowest BCUT2D eigenvalue weighted by molar-refractivity contribution is 0.0954. The Balaban J connectivity index is 1.42. The van der Waals surface area contributed by atoms with Crippen molar-refractivity contribution in [2.24, 2.45) is 0 Å². The molecular weight excluding hydrogens is 370 g/mol. The van der Waals surface area contributed by atoms with Crippen LogP contribution in [0, 0.1) is 0 Å². The highest BCUT2D eigenvalue weighted by molar-refractivity contribution is 7.09. The molecule has 0 aliphatic heterocycles. The second kappa shape index (κ2) is 6.94. The predicted octanol–water partition coefficient (Wildman–Crippen LogP) is 4.14. The van der Waals surface area contributed by atoms with Crippen LogP contribution in [0.5, 0.6) is 0 Å². The number of rotatable bonds is 5. The van der Waals surface area contributed by atoms with Crippen molar-refractivity contribution in [2.75, 3.05) is 6.54 Å². The molecule has 138 valence electrons. The molecule has 0 radical (unpaired) electrons. The smallest absolute Gasteiger partial charge is 0.251 e. The van der Waals surface area contributed by atoms with E-state index in [1.54, 1.807) is 23.7 Å². The van der Waals surface area contributed by atoms with Gasteiger partial charge in [0.1, 0.15) is 5.52 Å². The molecule has 0 unspecified atom stereocenters. The minimum Gasteiger partial charge on any atom is -0.360 e. The molecule has 6 nitrogen and oxygen atoms in total. The van der Waals surface area contributed by atoms with Gasteiger partial charge in [-0.1, -0.05) is 6.07 Å². The van der Waals surface area contributed by atoms with Gasteiger partial charge in [0.25, 0.3) is 5.91 Å². The zero-order valence-electron chi connectivity index (χ0n) is 14.9. The van der Waals surface area contributed by atoms with Gasteiger partial charge < -0.3 is 15.3 Å². The summed E-state index contributed by atoms with van der Waals surface area (Å²) in [5.41, 5.74) is 5.09. The van der Waals surface area contributed by atoms with E-state index in [1.165, 1.54) is 4.88 Å². The van der Waals surface area contributed by atoms with Gasteiger partial charge in [0.2, 0.25) is 0 Å². The fraction of sp³-hybridized carbons (Fsp3) is 0.0952. The maximum Gasteiger partial charge on any atom is 0.251 e. The van der Waals surface area contributed by atoms with Gasteiger partial charge in [0, 0.05) is 52.0 Å². The lowest BCUT2D eigenvalue weighted by atomic mass is 10.1. The Hall–Kier alpha value is -3.45. The molecular formula is C21H17N5OS. The van der Waals surface area contributed by atoms with Gasteiger partial charge in [0.15, 0.2) is 5.65 Å². The Labute approximate surface area is 164 Å². The number of nitrogens with one attached hydrogen (secondary N) is 3. The normalized spacial score (nSPS) is 11.3.